The summed E-state index contributed by atoms with van der Waals surface area (Å²) in [6.07, 6.45) is 0. The second-order valence-corrected chi connectivity index (χ2v) is 6.12. The van der Waals surface area contributed by atoms with Crippen LogP contribution in [0.5, 0.6) is 0 Å². The van der Waals surface area contributed by atoms with Crippen molar-refractivity contribution < 1.29 is 0 Å². The lowest BCUT2D eigenvalue weighted by molar-refractivity contribution is 0.863. The van der Waals surface area contributed by atoms with Crippen LogP contribution in [0, 0.1) is 0 Å². The first kappa shape index (κ1) is 9.55. The molecule has 11 heavy (non-hydrogen) atoms. The van der Waals surface area contributed by atoms with Crippen LogP contribution in [0.2, 0.25) is 4.55 Å². The zero-order valence-electron chi connectivity index (χ0n) is 6.76. The first-order chi connectivity index (χ1) is 5.34. The summed E-state index contributed by atoms with van der Waals surface area (Å²) in [5, 5.41) is 0. The van der Waals surface area contributed by atoms with Crippen LogP contribution >= 0.6 is 12.9 Å². The van der Waals surface area contributed by atoms with Gasteiger partial charge in [0.15, 0.2) is 0 Å². The summed E-state index contributed by atoms with van der Waals surface area (Å²) in [5.74, 6) is 0.738. The van der Waals surface area contributed by atoms with Gasteiger partial charge < -0.3 is 12.9 Å². The molecule has 0 fully saturated rings. The average Bonchev–Trinajstić information content (AvgIpc) is 2.07. The normalized spacial score (nSPS) is 12.2. The van der Waals surface area contributed by atoms with Gasteiger partial charge in [-0.05, 0) is 11.5 Å². The predicted octanol–water partition coefficient (Wildman–Crippen LogP) is 3.22. The van der Waals surface area contributed by atoms with Gasteiger partial charge in [0.05, 0.1) is 0 Å². The summed E-state index contributed by atoms with van der Waals surface area (Å²) in [7, 11) is 0. The van der Waals surface area contributed by atoms with Gasteiger partial charge in [0.25, 0.3) is 0 Å². The molecule has 0 nitrogen and oxygen atoms in total. The van der Waals surface area contributed by atoms with E-state index in [4.69, 9.17) is 0 Å². The fourth-order valence-electron chi connectivity index (χ4n) is 1.11. The molecule has 0 unspecified atom stereocenters. The van der Waals surface area contributed by atoms with Crippen molar-refractivity contribution in [2.45, 2.75) is 17.4 Å². The molecule has 1 rings (SSSR count). The third-order valence-corrected chi connectivity index (χ3v) is 4.37. The minimum atomic E-state index is 0.0352. The molecule has 0 amide bonds. The Morgan fingerprint density at radius 1 is 1.36 bits per heavy atom. The maximum atomic E-state index is 3.59. The summed E-state index contributed by atoms with van der Waals surface area (Å²) < 4.78 is 1.35. The van der Waals surface area contributed by atoms with Crippen molar-refractivity contribution in [3.05, 3.63) is 35.9 Å². The molecular weight excluding hydrogens is 212 g/mol. The molecule has 0 spiro atoms. The van der Waals surface area contributed by atoms with Crippen LogP contribution in [-0.2, 0) is 0 Å². The van der Waals surface area contributed by atoms with E-state index in [9.17, 15) is 0 Å². The summed E-state index contributed by atoms with van der Waals surface area (Å²) in [4.78, 5) is 0. The van der Waals surface area contributed by atoms with Crippen molar-refractivity contribution >= 4 is 31.1 Å². The third kappa shape index (κ3) is 3.14. The molecule has 0 aliphatic carbocycles. The van der Waals surface area contributed by atoms with E-state index in [-0.39, 0.29) is 18.2 Å². The molecule has 0 saturated carbocycles. The Kier molecular flexibility index (Phi) is 4.49. The van der Waals surface area contributed by atoms with E-state index in [0.29, 0.717) is 0 Å². The zero-order chi connectivity index (χ0) is 8.10. The Morgan fingerprint density at radius 3 is 2.55 bits per heavy atom. The summed E-state index contributed by atoms with van der Waals surface area (Å²) in [5.41, 5.74) is 1.47. The van der Waals surface area contributed by atoms with Gasteiger partial charge in [-0.15, -0.1) is 4.55 Å². The van der Waals surface area contributed by atoms with Crippen LogP contribution in [0.15, 0.2) is 30.3 Å². The molecule has 1 atom stereocenters. The average molecular weight is 223 g/mol. The van der Waals surface area contributed by atoms with Crippen molar-refractivity contribution in [1.82, 2.24) is 0 Å². The molecular formula is C9H11BrMg. The van der Waals surface area contributed by atoms with Gasteiger partial charge in [-0.2, -0.15) is 0 Å². The Hall–Kier alpha value is 0.466. The van der Waals surface area contributed by atoms with E-state index in [0.717, 1.165) is 5.92 Å². The van der Waals surface area contributed by atoms with Crippen molar-refractivity contribution in [1.29, 1.82) is 0 Å². The highest BCUT2D eigenvalue weighted by Crippen LogP contribution is 2.18. The highest BCUT2D eigenvalue weighted by atomic mass is 79.9. The van der Waals surface area contributed by atoms with E-state index in [1.807, 2.05) is 0 Å². The molecule has 1 aromatic carbocycles. The fourth-order valence-corrected chi connectivity index (χ4v) is 3.83. The van der Waals surface area contributed by atoms with E-state index in [1.165, 1.54) is 10.1 Å². The van der Waals surface area contributed by atoms with Gasteiger partial charge in [0.2, 0.25) is 0 Å². The fraction of sp³-hybridized carbons (Fsp3) is 0.333. The van der Waals surface area contributed by atoms with Gasteiger partial charge in [-0.25, -0.2) is 0 Å². The van der Waals surface area contributed by atoms with E-state index in [2.05, 4.69) is 50.1 Å². The smallest absolute Gasteiger partial charge is 0.307 e. The Morgan fingerprint density at radius 2 is 2.00 bits per heavy atom. The van der Waals surface area contributed by atoms with E-state index >= 15 is 0 Å². The quantitative estimate of drug-likeness (QED) is 0.690. The van der Waals surface area contributed by atoms with Crippen LogP contribution in [0.25, 0.3) is 0 Å². The second kappa shape index (κ2) is 5.17. The lowest BCUT2D eigenvalue weighted by Gasteiger charge is -2.08. The first-order valence-electron chi connectivity index (χ1n) is 3.95. The monoisotopic (exact) mass is 222 g/mol. The highest BCUT2D eigenvalue weighted by Gasteiger charge is 2.03. The van der Waals surface area contributed by atoms with Crippen molar-refractivity contribution in [3.8, 4) is 0 Å². The van der Waals surface area contributed by atoms with Gasteiger partial charge in [-0.3, -0.25) is 0 Å². The third-order valence-electron chi connectivity index (χ3n) is 1.91. The minimum Gasteiger partial charge on any atom is -0.307 e. The van der Waals surface area contributed by atoms with Crippen molar-refractivity contribution in [2.75, 3.05) is 0 Å². The molecule has 0 aromatic heterocycles. The molecule has 56 valence electrons. The first-order valence-corrected chi connectivity index (χ1v) is 8.85. The molecule has 0 aliphatic rings. The molecule has 0 heterocycles. The van der Waals surface area contributed by atoms with Gasteiger partial charge >= 0.3 is 18.2 Å². The van der Waals surface area contributed by atoms with Crippen molar-refractivity contribution in [2.24, 2.45) is 0 Å². The van der Waals surface area contributed by atoms with Crippen LogP contribution in [0.1, 0.15) is 18.4 Å². The summed E-state index contributed by atoms with van der Waals surface area (Å²) in [6, 6.07) is 10.7. The number of hydrogen-bond donors (Lipinski definition) is 0. The molecule has 0 N–H and O–H groups in total. The second-order valence-electron chi connectivity index (χ2n) is 2.79. The standard InChI is InChI=1S/C9H11.BrH.Mg/c1-8(2)9-6-4-3-5-7-9;;/h3-8H,1H2,2H3;1H;/q;;+1/p-1/t8-;;/m1../s1. The van der Waals surface area contributed by atoms with Gasteiger partial charge in [0, 0.05) is 0 Å². The Labute approximate surface area is 84.0 Å². The van der Waals surface area contributed by atoms with Gasteiger partial charge in [0.1, 0.15) is 0 Å². The minimum absolute atomic E-state index is 0.0352. The largest absolute Gasteiger partial charge is 0.469 e. The maximum Gasteiger partial charge on any atom is 0.469 e. The van der Waals surface area contributed by atoms with Crippen molar-refractivity contribution in [3.63, 3.8) is 0 Å². The molecule has 1 aromatic rings. The molecule has 2 heteroatoms. The van der Waals surface area contributed by atoms with Crippen LogP contribution in [-0.4, -0.2) is 18.2 Å². The highest BCUT2D eigenvalue weighted by molar-refractivity contribution is 9.23. The lowest BCUT2D eigenvalue weighted by Crippen LogP contribution is -1.93. The maximum absolute atomic E-state index is 3.59. The molecule has 0 radical (unpaired) electrons. The van der Waals surface area contributed by atoms with Crippen LogP contribution in [0.3, 0.4) is 0 Å². The topological polar surface area (TPSA) is 0 Å². The summed E-state index contributed by atoms with van der Waals surface area (Å²) >= 11 is 3.62. The zero-order valence-corrected chi connectivity index (χ0v) is 9.76. The summed E-state index contributed by atoms with van der Waals surface area (Å²) in [6.45, 7) is 2.30. The number of benzene rings is 1. The Balaban J connectivity index is 2.61. The molecule has 0 bridgehead atoms. The molecule has 0 aliphatic heterocycles. The van der Waals surface area contributed by atoms with Crippen LogP contribution in [0.4, 0.5) is 0 Å². The predicted molar refractivity (Wildman–Crippen MR) is 54.3 cm³/mol. The lowest BCUT2D eigenvalue weighted by atomic mass is 10.0. The van der Waals surface area contributed by atoms with E-state index < -0.39 is 0 Å². The van der Waals surface area contributed by atoms with Crippen LogP contribution < -0.4 is 0 Å². The number of rotatable bonds is 3. The SMILES string of the molecule is C[C@@H]([CH2][Mg][Br])c1ccccc1. The molecule has 0 saturated heterocycles. The Bertz CT molecular complexity index is 198. The van der Waals surface area contributed by atoms with E-state index in [1.54, 1.807) is 0 Å². The number of hydrogen-bond acceptors (Lipinski definition) is 0. The van der Waals surface area contributed by atoms with Gasteiger partial charge in [-0.1, -0.05) is 37.3 Å². The number of halogens is 1.